The van der Waals surface area contributed by atoms with Crippen LogP contribution in [0.25, 0.3) is 0 Å². The van der Waals surface area contributed by atoms with Gasteiger partial charge in [-0.05, 0) is 31.9 Å². The van der Waals surface area contributed by atoms with Gasteiger partial charge in [-0.1, -0.05) is 18.2 Å². The van der Waals surface area contributed by atoms with Crippen LogP contribution in [0.4, 0.5) is 4.39 Å². The summed E-state index contributed by atoms with van der Waals surface area (Å²) in [4.78, 5) is 0. The summed E-state index contributed by atoms with van der Waals surface area (Å²) in [6.07, 6.45) is 1.01. The Kier molecular flexibility index (Phi) is 2.31. The molecular formula is C12H16FN. The van der Waals surface area contributed by atoms with Crippen LogP contribution in [0.2, 0.25) is 0 Å². The van der Waals surface area contributed by atoms with Crippen molar-refractivity contribution >= 4 is 0 Å². The van der Waals surface area contributed by atoms with Crippen LogP contribution in [0.3, 0.4) is 0 Å². The molecule has 0 spiro atoms. The van der Waals surface area contributed by atoms with Gasteiger partial charge in [-0.25, -0.2) is 4.39 Å². The average Bonchev–Trinajstić information content (AvgIpc) is 2.47. The number of hydrogen-bond acceptors (Lipinski definition) is 1. The van der Waals surface area contributed by atoms with Crippen molar-refractivity contribution in [3.8, 4) is 0 Å². The molecule has 1 aromatic carbocycles. The van der Waals surface area contributed by atoms with E-state index >= 15 is 0 Å². The maximum Gasteiger partial charge on any atom is 0.126 e. The third kappa shape index (κ3) is 1.80. The lowest BCUT2D eigenvalue weighted by atomic mass is 9.91. The molecule has 0 radical (unpaired) electrons. The van der Waals surface area contributed by atoms with E-state index in [0.717, 1.165) is 18.5 Å². The maximum absolute atomic E-state index is 13.5. The van der Waals surface area contributed by atoms with Gasteiger partial charge in [-0.2, -0.15) is 0 Å². The lowest BCUT2D eigenvalue weighted by Crippen LogP contribution is -2.31. The fraction of sp³-hybridized carbons (Fsp3) is 0.500. The fourth-order valence-electron chi connectivity index (χ4n) is 2.19. The topological polar surface area (TPSA) is 12.0 Å². The molecule has 76 valence electrons. The van der Waals surface area contributed by atoms with E-state index in [1.165, 1.54) is 0 Å². The van der Waals surface area contributed by atoms with Gasteiger partial charge in [0.1, 0.15) is 5.82 Å². The summed E-state index contributed by atoms with van der Waals surface area (Å²) < 4.78 is 13.5. The molecule has 0 bridgehead atoms. The molecule has 0 amide bonds. The summed E-state index contributed by atoms with van der Waals surface area (Å²) in [5, 5.41) is 3.40. The standard InChI is InChI=1S/C12H16FN/c1-12(2)7-9(8-14-12)10-5-3-4-6-11(10)13/h3-6,9,14H,7-8H2,1-2H3. The lowest BCUT2D eigenvalue weighted by molar-refractivity contribution is 0.454. The number of benzene rings is 1. The quantitative estimate of drug-likeness (QED) is 0.723. The van der Waals surface area contributed by atoms with Crippen LogP contribution in [0.5, 0.6) is 0 Å². The summed E-state index contributed by atoms with van der Waals surface area (Å²) in [6.45, 7) is 5.20. The van der Waals surface area contributed by atoms with E-state index in [9.17, 15) is 4.39 Å². The Balaban J connectivity index is 2.22. The van der Waals surface area contributed by atoms with E-state index in [1.54, 1.807) is 12.1 Å². The Morgan fingerprint density at radius 3 is 2.64 bits per heavy atom. The highest BCUT2D eigenvalue weighted by molar-refractivity contribution is 5.24. The summed E-state index contributed by atoms with van der Waals surface area (Å²) in [6, 6.07) is 7.08. The van der Waals surface area contributed by atoms with Crippen molar-refractivity contribution in [3.63, 3.8) is 0 Å². The van der Waals surface area contributed by atoms with Gasteiger partial charge in [-0.3, -0.25) is 0 Å². The molecule has 1 aliphatic rings. The first-order valence-corrected chi connectivity index (χ1v) is 5.08. The largest absolute Gasteiger partial charge is 0.311 e. The third-order valence-corrected chi connectivity index (χ3v) is 2.93. The van der Waals surface area contributed by atoms with Crippen LogP contribution < -0.4 is 5.32 Å². The van der Waals surface area contributed by atoms with E-state index in [1.807, 2.05) is 12.1 Å². The molecule has 0 aromatic heterocycles. The van der Waals surface area contributed by atoms with Crippen molar-refractivity contribution in [2.24, 2.45) is 0 Å². The lowest BCUT2D eigenvalue weighted by Gasteiger charge is -2.17. The summed E-state index contributed by atoms with van der Waals surface area (Å²) in [5.74, 6) is 0.253. The minimum atomic E-state index is -0.0722. The second kappa shape index (κ2) is 3.35. The first kappa shape index (κ1) is 9.66. The van der Waals surface area contributed by atoms with Crippen LogP contribution in [-0.2, 0) is 0 Å². The van der Waals surface area contributed by atoms with Crippen molar-refractivity contribution in [3.05, 3.63) is 35.6 Å². The van der Waals surface area contributed by atoms with Crippen molar-refractivity contribution < 1.29 is 4.39 Å². The van der Waals surface area contributed by atoms with E-state index in [4.69, 9.17) is 0 Å². The first-order chi connectivity index (χ1) is 6.58. The molecular weight excluding hydrogens is 177 g/mol. The van der Waals surface area contributed by atoms with Gasteiger partial charge in [0.15, 0.2) is 0 Å². The molecule has 1 nitrogen and oxygen atoms in total. The molecule has 1 N–H and O–H groups in total. The Hall–Kier alpha value is -0.890. The Bertz CT molecular complexity index is 333. The second-order valence-corrected chi connectivity index (χ2v) is 4.69. The highest BCUT2D eigenvalue weighted by atomic mass is 19.1. The smallest absolute Gasteiger partial charge is 0.126 e. The number of rotatable bonds is 1. The SMILES string of the molecule is CC1(C)CC(c2ccccc2F)CN1. The van der Waals surface area contributed by atoms with E-state index < -0.39 is 0 Å². The minimum Gasteiger partial charge on any atom is -0.311 e. The molecule has 0 aliphatic carbocycles. The fourth-order valence-corrected chi connectivity index (χ4v) is 2.19. The Labute approximate surface area is 84.3 Å². The van der Waals surface area contributed by atoms with Crippen LogP contribution in [0.15, 0.2) is 24.3 Å². The molecule has 1 aliphatic heterocycles. The van der Waals surface area contributed by atoms with Gasteiger partial charge in [0.2, 0.25) is 0 Å². The predicted molar refractivity (Wildman–Crippen MR) is 55.8 cm³/mol. The summed E-state index contributed by atoms with van der Waals surface area (Å²) in [5.41, 5.74) is 0.998. The van der Waals surface area contributed by atoms with E-state index in [2.05, 4.69) is 19.2 Å². The van der Waals surface area contributed by atoms with Crippen molar-refractivity contribution in [2.75, 3.05) is 6.54 Å². The molecule has 2 heteroatoms. The zero-order valence-corrected chi connectivity index (χ0v) is 8.68. The van der Waals surface area contributed by atoms with Crippen LogP contribution in [0, 0.1) is 5.82 Å². The molecule has 1 atom stereocenters. The summed E-state index contributed by atoms with van der Waals surface area (Å²) >= 11 is 0. The van der Waals surface area contributed by atoms with Gasteiger partial charge in [0.25, 0.3) is 0 Å². The van der Waals surface area contributed by atoms with Gasteiger partial charge >= 0.3 is 0 Å². The Morgan fingerprint density at radius 1 is 1.36 bits per heavy atom. The molecule has 0 saturated carbocycles. The van der Waals surface area contributed by atoms with Gasteiger partial charge in [0.05, 0.1) is 0 Å². The van der Waals surface area contributed by atoms with Gasteiger partial charge in [-0.15, -0.1) is 0 Å². The van der Waals surface area contributed by atoms with Crippen LogP contribution in [-0.4, -0.2) is 12.1 Å². The van der Waals surface area contributed by atoms with Crippen molar-refractivity contribution in [1.29, 1.82) is 0 Å². The molecule has 1 saturated heterocycles. The maximum atomic E-state index is 13.5. The van der Waals surface area contributed by atoms with Crippen molar-refractivity contribution in [2.45, 2.75) is 31.7 Å². The highest BCUT2D eigenvalue weighted by Gasteiger charge is 2.32. The van der Waals surface area contributed by atoms with E-state index in [-0.39, 0.29) is 11.4 Å². The second-order valence-electron chi connectivity index (χ2n) is 4.69. The average molecular weight is 193 g/mol. The monoisotopic (exact) mass is 193 g/mol. The van der Waals surface area contributed by atoms with E-state index in [0.29, 0.717) is 5.92 Å². The highest BCUT2D eigenvalue weighted by Crippen LogP contribution is 2.32. The number of nitrogens with one attached hydrogen (secondary N) is 1. The molecule has 2 rings (SSSR count). The molecule has 1 fully saturated rings. The molecule has 1 heterocycles. The first-order valence-electron chi connectivity index (χ1n) is 5.08. The minimum absolute atomic E-state index is 0.0722. The number of hydrogen-bond donors (Lipinski definition) is 1. The normalized spacial score (nSPS) is 25.2. The van der Waals surface area contributed by atoms with Crippen LogP contribution >= 0.6 is 0 Å². The zero-order valence-electron chi connectivity index (χ0n) is 8.68. The third-order valence-electron chi connectivity index (χ3n) is 2.93. The predicted octanol–water partition coefficient (Wildman–Crippen LogP) is 2.68. The zero-order chi connectivity index (χ0) is 10.2. The molecule has 14 heavy (non-hydrogen) atoms. The Morgan fingerprint density at radius 2 is 2.07 bits per heavy atom. The van der Waals surface area contributed by atoms with Gasteiger partial charge < -0.3 is 5.32 Å². The van der Waals surface area contributed by atoms with Gasteiger partial charge in [0, 0.05) is 18.0 Å². The molecule has 1 aromatic rings. The van der Waals surface area contributed by atoms with Crippen molar-refractivity contribution in [1.82, 2.24) is 5.32 Å². The number of halogens is 1. The van der Waals surface area contributed by atoms with Crippen LogP contribution in [0.1, 0.15) is 31.7 Å². The molecule has 1 unspecified atom stereocenters. The summed E-state index contributed by atoms with van der Waals surface area (Å²) in [7, 11) is 0.